The minimum atomic E-state index is -1.13. The van der Waals surface area contributed by atoms with Crippen LogP contribution in [0.15, 0.2) is 35.3 Å². The average molecular weight is 539 g/mol. The maximum absolute atomic E-state index is 12.4. The van der Waals surface area contributed by atoms with E-state index in [0.717, 1.165) is 19.3 Å². The maximum Gasteiger partial charge on any atom is 1.00 e. The Kier molecular flexibility index (Phi) is 25.0. The summed E-state index contributed by atoms with van der Waals surface area (Å²) in [5.74, 6) is -2.01. The van der Waals surface area contributed by atoms with Crippen LogP contribution in [0.5, 0.6) is 0 Å². The molecular formula is C31H51N2NaO4. The summed E-state index contributed by atoms with van der Waals surface area (Å²) in [6, 6.07) is 7.78. The Morgan fingerprint density at radius 2 is 1.18 bits per heavy atom. The zero-order chi connectivity index (χ0) is 27.0. The number of aliphatic carboxylic acids is 1. The number of nitrogens with one attached hydrogen (secondary N) is 1. The fourth-order valence-corrected chi connectivity index (χ4v) is 4.57. The molecule has 1 amide bonds. The SMILES string of the molecule is CCCCCCCCCCCCCCCCCCCCC([O-])=N[C@H](C(=O)NCC(=O)O)c1ccccc1.[Na+]. The van der Waals surface area contributed by atoms with Gasteiger partial charge in [-0.2, -0.15) is 0 Å². The van der Waals surface area contributed by atoms with Crippen molar-refractivity contribution in [3.05, 3.63) is 35.9 Å². The minimum Gasteiger partial charge on any atom is -0.862 e. The molecule has 0 unspecified atom stereocenters. The fourth-order valence-electron chi connectivity index (χ4n) is 4.57. The molecule has 0 heterocycles. The van der Waals surface area contributed by atoms with E-state index < -0.39 is 24.5 Å². The van der Waals surface area contributed by atoms with Gasteiger partial charge in [-0.3, -0.25) is 14.6 Å². The third kappa shape index (κ3) is 20.6. The van der Waals surface area contributed by atoms with Gasteiger partial charge in [-0.25, -0.2) is 0 Å². The molecule has 210 valence electrons. The van der Waals surface area contributed by atoms with Gasteiger partial charge in [-0.1, -0.05) is 146 Å². The number of rotatable bonds is 24. The summed E-state index contributed by atoms with van der Waals surface area (Å²) in [6.45, 7) is 1.77. The van der Waals surface area contributed by atoms with Crippen molar-refractivity contribution in [3.63, 3.8) is 0 Å². The van der Waals surface area contributed by atoms with Gasteiger partial charge >= 0.3 is 35.5 Å². The van der Waals surface area contributed by atoms with Gasteiger partial charge in [0.2, 0.25) is 5.91 Å². The van der Waals surface area contributed by atoms with Crippen molar-refractivity contribution in [2.45, 2.75) is 135 Å². The number of unbranched alkanes of at least 4 members (excludes halogenated alkanes) is 17. The van der Waals surface area contributed by atoms with Crippen molar-refractivity contribution in [1.29, 1.82) is 0 Å². The van der Waals surface area contributed by atoms with Crippen molar-refractivity contribution in [1.82, 2.24) is 5.32 Å². The Balaban J connectivity index is 0.0000137. The summed E-state index contributed by atoms with van der Waals surface area (Å²) in [7, 11) is 0. The number of hydrogen-bond donors (Lipinski definition) is 2. The van der Waals surface area contributed by atoms with Crippen LogP contribution < -0.4 is 40.0 Å². The van der Waals surface area contributed by atoms with Crippen LogP contribution in [0, 0.1) is 0 Å². The largest absolute Gasteiger partial charge is 1.00 e. The van der Waals surface area contributed by atoms with Crippen LogP contribution in [0.3, 0.4) is 0 Å². The number of benzene rings is 1. The molecule has 0 aliphatic carbocycles. The van der Waals surface area contributed by atoms with E-state index in [1.165, 1.54) is 96.3 Å². The van der Waals surface area contributed by atoms with Gasteiger partial charge in [-0.15, -0.1) is 0 Å². The van der Waals surface area contributed by atoms with Gasteiger partial charge in [-0.05, 0) is 24.3 Å². The topological polar surface area (TPSA) is 102 Å². The molecule has 1 atom stereocenters. The number of hydrogen-bond acceptors (Lipinski definition) is 4. The van der Waals surface area contributed by atoms with E-state index in [1.54, 1.807) is 24.3 Å². The minimum absolute atomic E-state index is 0. The average Bonchev–Trinajstić information content (AvgIpc) is 2.90. The van der Waals surface area contributed by atoms with Crippen LogP contribution in [0.2, 0.25) is 0 Å². The molecular weight excluding hydrogens is 487 g/mol. The van der Waals surface area contributed by atoms with E-state index in [0.29, 0.717) is 12.0 Å². The van der Waals surface area contributed by atoms with Gasteiger partial charge in [0.05, 0.1) is 0 Å². The van der Waals surface area contributed by atoms with E-state index >= 15 is 0 Å². The predicted octanol–water partition coefficient (Wildman–Crippen LogP) is 4.12. The number of carbonyl (C=O) groups excluding carboxylic acids is 1. The van der Waals surface area contributed by atoms with Crippen molar-refractivity contribution < 1.29 is 49.4 Å². The number of carboxylic acid groups (broad SMARTS) is 1. The van der Waals surface area contributed by atoms with Crippen LogP contribution in [-0.2, 0) is 9.59 Å². The first-order valence-electron chi connectivity index (χ1n) is 14.8. The number of carbonyl (C=O) groups is 2. The van der Waals surface area contributed by atoms with Gasteiger partial charge in [0.1, 0.15) is 6.54 Å². The molecule has 38 heavy (non-hydrogen) atoms. The van der Waals surface area contributed by atoms with Crippen molar-refractivity contribution in [2.75, 3.05) is 6.54 Å². The van der Waals surface area contributed by atoms with Gasteiger partial charge in [0, 0.05) is 0 Å². The smallest absolute Gasteiger partial charge is 0.862 e. The molecule has 1 aromatic rings. The Labute approximate surface area is 253 Å². The normalized spacial score (nSPS) is 12.1. The van der Waals surface area contributed by atoms with Crippen molar-refractivity contribution in [3.8, 4) is 0 Å². The fraction of sp³-hybridized carbons (Fsp3) is 0.710. The molecule has 0 bridgehead atoms. The number of aliphatic imine (C=N–C) groups is 1. The first-order chi connectivity index (χ1) is 18.0. The Morgan fingerprint density at radius 3 is 1.61 bits per heavy atom. The zero-order valence-electron chi connectivity index (χ0n) is 24.2. The number of amides is 1. The summed E-state index contributed by atoms with van der Waals surface area (Å²) < 4.78 is 0. The second kappa shape index (κ2) is 25.9. The molecule has 0 aliphatic rings. The second-order valence-corrected chi connectivity index (χ2v) is 10.2. The molecule has 0 radical (unpaired) electrons. The Morgan fingerprint density at radius 1 is 0.763 bits per heavy atom. The molecule has 0 aromatic heterocycles. The van der Waals surface area contributed by atoms with Crippen LogP contribution in [0.1, 0.15) is 141 Å². The molecule has 0 aliphatic heterocycles. The van der Waals surface area contributed by atoms with E-state index in [2.05, 4.69) is 17.2 Å². The monoisotopic (exact) mass is 538 g/mol. The third-order valence-electron chi connectivity index (χ3n) is 6.79. The predicted molar refractivity (Wildman–Crippen MR) is 151 cm³/mol. The molecule has 7 heteroatoms. The standard InChI is InChI=1S/C31H52N2O4.Na/c1-2-3-4-5-6-7-8-9-10-11-12-13-14-15-16-17-18-22-25-28(34)33-30(27-23-20-19-21-24-27)31(37)32-26-29(35)36;/h19-21,23-24,30H,2-18,22,25-26H2,1H3,(H,32,37)(H,33,34)(H,35,36);/q;+1/p-1/t30-;/m0./s1. The first kappa shape index (κ1) is 36.6. The van der Waals surface area contributed by atoms with Crippen molar-refractivity contribution in [2.24, 2.45) is 4.99 Å². The summed E-state index contributed by atoms with van der Waals surface area (Å²) in [5.41, 5.74) is 0.580. The molecule has 6 nitrogen and oxygen atoms in total. The van der Waals surface area contributed by atoms with Crippen molar-refractivity contribution >= 4 is 17.8 Å². The van der Waals surface area contributed by atoms with Crippen LogP contribution in [0.25, 0.3) is 0 Å². The number of carboxylic acids is 1. The summed E-state index contributed by atoms with van der Waals surface area (Å²) in [4.78, 5) is 27.3. The van der Waals surface area contributed by atoms with Gasteiger partial charge in [0.15, 0.2) is 6.04 Å². The van der Waals surface area contributed by atoms with Gasteiger partial charge in [0.25, 0.3) is 0 Å². The second-order valence-electron chi connectivity index (χ2n) is 10.2. The van der Waals surface area contributed by atoms with E-state index in [1.807, 2.05) is 6.07 Å². The molecule has 1 aromatic carbocycles. The van der Waals surface area contributed by atoms with E-state index in [4.69, 9.17) is 5.11 Å². The zero-order valence-corrected chi connectivity index (χ0v) is 26.2. The Hall–Kier alpha value is -1.37. The van der Waals surface area contributed by atoms with Crippen LogP contribution in [0.4, 0.5) is 0 Å². The quantitative estimate of drug-likeness (QED) is 0.0895. The van der Waals surface area contributed by atoms with E-state index in [-0.39, 0.29) is 35.5 Å². The van der Waals surface area contributed by atoms with Crippen LogP contribution in [-0.4, -0.2) is 29.4 Å². The summed E-state index contributed by atoms with van der Waals surface area (Å²) >= 11 is 0. The molecule has 0 spiro atoms. The summed E-state index contributed by atoms with van der Waals surface area (Å²) in [5, 5.41) is 23.5. The molecule has 2 N–H and O–H groups in total. The third-order valence-corrected chi connectivity index (χ3v) is 6.79. The maximum atomic E-state index is 12.4. The summed E-state index contributed by atoms with van der Waals surface area (Å²) in [6.07, 6.45) is 23.6. The molecule has 0 fully saturated rings. The molecule has 0 saturated carbocycles. The van der Waals surface area contributed by atoms with Gasteiger partial charge < -0.3 is 15.5 Å². The first-order valence-corrected chi connectivity index (χ1v) is 14.8. The molecule has 1 rings (SSSR count). The van der Waals surface area contributed by atoms with Crippen LogP contribution >= 0.6 is 0 Å². The Bertz CT molecular complexity index is 743. The number of nitrogens with zero attached hydrogens (tertiary/aromatic N) is 1. The molecule has 0 saturated heterocycles. The van der Waals surface area contributed by atoms with E-state index in [9.17, 15) is 14.7 Å².